The van der Waals surface area contributed by atoms with E-state index in [0.29, 0.717) is 16.4 Å². The Labute approximate surface area is 114 Å². The van der Waals surface area contributed by atoms with Gasteiger partial charge < -0.3 is 5.32 Å². The first-order valence-corrected chi connectivity index (χ1v) is 5.86. The molecular weight excluding hydrogens is 269 g/mol. The van der Waals surface area contributed by atoms with Crippen LogP contribution in [0.5, 0.6) is 0 Å². The highest BCUT2D eigenvalue weighted by Gasteiger charge is 2.04. The van der Waals surface area contributed by atoms with Crippen molar-refractivity contribution in [3.63, 3.8) is 0 Å². The van der Waals surface area contributed by atoms with Gasteiger partial charge >= 0.3 is 6.03 Å². The van der Waals surface area contributed by atoms with Gasteiger partial charge in [-0.25, -0.2) is 9.18 Å². The molecule has 0 fully saturated rings. The van der Waals surface area contributed by atoms with Gasteiger partial charge in [0.2, 0.25) is 0 Å². The first kappa shape index (κ1) is 13.2. The molecule has 98 valence electrons. The number of amides is 2. The van der Waals surface area contributed by atoms with E-state index in [1.807, 2.05) is 0 Å². The number of urea groups is 1. The fraction of sp³-hybridized carbons (Fsp3) is 0. The Morgan fingerprint density at radius 3 is 2.42 bits per heavy atom. The third-order valence-corrected chi connectivity index (χ3v) is 2.62. The van der Waals surface area contributed by atoms with Gasteiger partial charge in [-0.3, -0.25) is 10.9 Å². The number of hydrogen-bond donors (Lipinski definition) is 3. The summed E-state index contributed by atoms with van der Waals surface area (Å²) >= 11 is 5.90. The summed E-state index contributed by atoms with van der Waals surface area (Å²) in [4.78, 5) is 11.6. The minimum absolute atomic E-state index is 0.342. The molecule has 6 heteroatoms. The van der Waals surface area contributed by atoms with Crippen LogP contribution in [0.2, 0.25) is 5.02 Å². The third-order valence-electron chi connectivity index (χ3n) is 2.29. The Kier molecular flexibility index (Phi) is 4.20. The van der Waals surface area contributed by atoms with Crippen molar-refractivity contribution < 1.29 is 9.18 Å². The quantitative estimate of drug-likeness (QED) is 0.752. The van der Waals surface area contributed by atoms with Gasteiger partial charge in [0, 0.05) is 0 Å². The van der Waals surface area contributed by atoms with E-state index in [1.165, 1.54) is 24.3 Å². The standard InChI is InChI=1S/C13H11ClFN3O/c14-11-3-1-2-4-12(11)16-13(19)18-17-10-7-5-9(15)6-8-10/h1-8,17H,(H2,16,18,19). The fourth-order valence-corrected chi connectivity index (χ4v) is 1.56. The first-order valence-electron chi connectivity index (χ1n) is 5.48. The van der Waals surface area contributed by atoms with Crippen molar-refractivity contribution in [1.82, 2.24) is 5.43 Å². The molecule has 0 aliphatic heterocycles. The van der Waals surface area contributed by atoms with Crippen LogP contribution in [0.3, 0.4) is 0 Å². The monoisotopic (exact) mass is 279 g/mol. The van der Waals surface area contributed by atoms with E-state index in [4.69, 9.17) is 11.6 Å². The molecule has 0 heterocycles. The van der Waals surface area contributed by atoms with Gasteiger partial charge in [-0.15, -0.1) is 0 Å². The molecule has 0 bridgehead atoms. The molecule has 2 aromatic carbocycles. The molecule has 0 atom stereocenters. The number of anilines is 2. The zero-order valence-electron chi connectivity index (χ0n) is 9.78. The number of carbonyl (C=O) groups excluding carboxylic acids is 1. The largest absolute Gasteiger partial charge is 0.337 e. The van der Waals surface area contributed by atoms with Crippen LogP contribution in [-0.4, -0.2) is 6.03 Å². The molecule has 0 saturated carbocycles. The highest BCUT2D eigenvalue weighted by molar-refractivity contribution is 6.33. The summed E-state index contributed by atoms with van der Waals surface area (Å²) in [6.07, 6.45) is 0. The molecule has 0 spiro atoms. The van der Waals surface area contributed by atoms with Gasteiger partial charge in [0.1, 0.15) is 5.82 Å². The number of rotatable bonds is 3. The summed E-state index contributed by atoms with van der Waals surface area (Å²) in [5, 5.41) is 3.02. The normalized spacial score (nSPS) is 9.79. The Morgan fingerprint density at radius 1 is 1.05 bits per heavy atom. The summed E-state index contributed by atoms with van der Waals surface area (Å²) < 4.78 is 12.7. The molecule has 0 radical (unpaired) electrons. The van der Waals surface area contributed by atoms with Crippen LogP contribution in [0.1, 0.15) is 0 Å². The minimum Gasteiger partial charge on any atom is -0.305 e. The van der Waals surface area contributed by atoms with Gasteiger partial charge in [-0.05, 0) is 36.4 Å². The third kappa shape index (κ3) is 3.86. The second-order valence-electron chi connectivity index (χ2n) is 3.69. The predicted octanol–water partition coefficient (Wildman–Crippen LogP) is 3.63. The average molecular weight is 280 g/mol. The lowest BCUT2D eigenvalue weighted by Gasteiger charge is -2.10. The van der Waals surface area contributed by atoms with E-state index < -0.39 is 6.03 Å². The number of benzene rings is 2. The van der Waals surface area contributed by atoms with E-state index >= 15 is 0 Å². The Balaban J connectivity index is 1.88. The highest BCUT2D eigenvalue weighted by Crippen LogP contribution is 2.20. The van der Waals surface area contributed by atoms with Crippen molar-refractivity contribution in [1.29, 1.82) is 0 Å². The molecule has 0 aliphatic rings. The molecule has 4 nitrogen and oxygen atoms in total. The minimum atomic E-state index is -0.475. The Hall–Kier alpha value is -2.27. The molecule has 19 heavy (non-hydrogen) atoms. The van der Waals surface area contributed by atoms with Crippen molar-refractivity contribution in [2.24, 2.45) is 0 Å². The molecule has 2 aromatic rings. The topological polar surface area (TPSA) is 53.2 Å². The highest BCUT2D eigenvalue weighted by atomic mass is 35.5. The van der Waals surface area contributed by atoms with Crippen LogP contribution in [0.4, 0.5) is 20.6 Å². The summed E-state index contributed by atoms with van der Waals surface area (Å²) in [6.45, 7) is 0. The number of carbonyl (C=O) groups is 1. The first-order chi connectivity index (χ1) is 9.15. The van der Waals surface area contributed by atoms with Gasteiger partial charge in [0.15, 0.2) is 0 Å². The smallest absolute Gasteiger partial charge is 0.305 e. The van der Waals surface area contributed by atoms with Gasteiger partial charge in [-0.2, -0.15) is 0 Å². The van der Waals surface area contributed by atoms with Gasteiger partial charge in [0.25, 0.3) is 0 Å². The van der Waals surface area contributed by atoms with Crippen LogP contribution in [0, 0.1) is 5.82 Å². The van der Waals surface area contributed by atoms with Crippen molar-refractivity contribution in [3.8, 4) is 0 Å². The van der Waals surface area contributed by atoms with Crippen molar-refractivity contribution in [3.05, 3.63) is 59.4 Å². The van der Waals surface area contributed by atoms with E-state index in [0.717, 1.165) is 0 Å². The van der Waals surface area contributed by atoms with E-state index in [2.05, 4.69) is 16.2 Å². The second-order valence-corrected chi connectivity index (χ2v) is 4.10. The number of halogens is 2. The summed E-state index contributed by atoms with van der Waals surface area (Å²) in [7, 11) is 0. The summed E-state index contributed by atoms with van der Waals surface area (Å²) in [5.41, 5.74) is 6.12. The lowest BCUT2D eigenvalue weighted by molar-refractivity contribution is 0.254. The number of hydrazine groups is 1. The van der Waals surface area contributed by atoms with E-state index in [9.17, 15) is 9.18 Å². The SMILES string of the molecule is O=C(NNc1ccc(F)cc1)Nc1ccccc1Cl. The van der Waals surface area contributed by atoms with Crippen LogP contribution in [0.25, 0.3) is 0 Å². The van der Waals surface area contributed by atoms with Crippen molar-refractivity contribution in [2.75, 3.05) is 10.7 Å². The Morgan fingerprint density at radius 2 is 1.74 bits per heavy atom. The number of hydrogen-bond acceptors (Lipinski definition) is 2. The number of nitrogens with one attached hydrogen (secondary N) is 3. The van der Waals surface area contributed by atoms with Crippen molar-refractivity contribution >= 4 is 29.0 Å². The maximum absolute atomic E-state index is 12.7. The molecule has 2 amide bonds. The second kappa shape index (κ2) is 6.06. The van der Waals surface area contributed by atoms with Crippen LogP contribution in [0.15, 0.2) is 48.5 Å². The van der Waals surface area contributed by atoms with E-state index in [1.54, 1.807) is 24.3 Å². The van der Waals surface area contributed by atoms with Crippen LogP contribution in [-0.2, 0) is 0 Å². The fourth-order valence-electron chi connectivity index (χ4n) is 1.38. The zero-order chi connectivity index (χ0) is 13.7. The summed E-state index contributed by atoms with van der Waals surface area (Å²) in [6, 6.07) is 12.0. The molecule has 0 saturated heterocycles. The van der Waals surface area contributed by atoms with Crippen LogP contribution < -0.4 is 16.2 Å². The molecule has 0 aromatic heterocycles. The Bertz CT molecular complexity index is 574. The average Bonchev–Trinajstić information content (AvgIpc) is 2.41. The summed E-state index contributed by atoms with van der Waals surface area (Å²) in [5.74, 6) is -0.342. The molecule has 0 unspecified atom stereocenters. The maximum atomic E-state index is 12.7. The number of para-hydroxylation sites is 1. The van der Waals surface area contributed by atoms with Crippen molar-refractivity contribution in [2.45, 2.75) is 0 Å². The molecule has 2 rings (SSSR count). The molecule has 0 aliphatic carbocycles. The van der Waals surface area contributed by atoms with Gasteiger partial charge in [0.05, 0.1) is 16.4 Å². The molecule has 3 N–H and O–H groups in total. The van der Waals surface area contributed by atoms with Crippen LogP contribution >= 0.6 is 11.6 Å². The van der Waals surface area contributed by atoms with E-state index in [-0.39, 0.29) is 5.82 Å². The molecular formula is C13H11ClFN3O. The maximum Gasteiger partial charge on any atom is 0.337 e. The lowest BCUT2D eigenvalue weighted by Crippen LogP contribution is -2.33. The predicted molar refractivity (Wildman–Crippen MR) is 73.6 cm³/mol. The lowest BCUT2D eigenvalue weighted by atomic mass is 10.3. The zero-order valence-corrected chi connectivity index (χ0v) is 10.5. The van der Waals surface area contributed by atoms with Gasteiger partial charge in [-0.1, -0.05) is 23.7 Å².